The lowest BCUT2D eigenvalue weighted by molar-refractivity contribution is -0.159. The second kappa shape index (κ2) is 6.36. The molecule has 0 saturated carbocycles. The van der Waals surface area contributed by atoms with Crippen molar-refractivity contribution in [1.82, 2.24) is 4.90 Å². The first kappa shape index (κ1) is 14.8. The van der Waals surface area contributed by atoms with Gasteiger partial charge in [0.25, 0.3) is 0 Å². The fraction of sp³-hybridized carbons (Fsp3) is 0.500. The number of ether oxygens (including phenoxy) is 2. The Hall–Kier alpha value is -2.08. The Bertz CT molecular complexity index is 533. The molecule has 2 aliphatic heterocycles. The van der Waals surface area contributed by atoms with Crippen LogP contribution in [0.1, 0.15) is 5.56 Å². The van der Waals surface area contributed by atoms with Crippen LogP contribution in [0.25, 0.3) is 0 Å². The molecule has 0 spiro atoms. The van der Waals surface area contributed by atoms with Gasteiger partial charge in [0.15, 0.2) is 0 Å². The van der Waals surface area contributed by atoms with E-state index in [-0.39, 0.29) is 24.5 Å². The van der Waals surface area contributed by atoms with Crippen molar-refractivity contribution >= 4 is 12.1 Å². The van der Waals surface area contributed by atoms with E-state index < -0.39 is 11.9 Å². The van der Waals surface area contributed by atoms with Gasteiger partial charge in [-0.15, -0.1) is 0 Å². The summed E-state index contributed by atoms with van der Waals surface area (Å²) in [5.41, 5.74) is 0.930. The Balaban J connectivity index is 1.59. The van der Waals surface area contributed by atoms with Crippen molar-refractivity contribution in [3.05, 3.63) is 35.9 Å². The number of benzene rings is 1. The number of carboxylic acids is 1. The summed E-state index contributed by atoms with van der Waals surface area (Å²) in [6.45, 7) is 1.75. The largest absolute Gasteiger partial charge is 0.481 e. The van der Waals surface area contributed by atoms with E-state index in [0.29, 0.717) is 26.3 Å². The zero-order chi connectivity index (χ0) is 15.5. The molecule has 2 atom stereocenters. The molecule has 2 aliphatic rings. The van der Waals surface area contributed by atoms with Crippen LogP contribution in [-0.2, 0) is 20.9 Å². The van der Waals surface area contributed by atoms with Crippen molar-refractivity contribution in [2.75, 3.05) is 26.3 Å². The minimum Gasteiger partial charge on any atom is -0.481 e. The number of carboxylic acid groups (broad SMARTS) is 1. The monoisotopic (exact) mass is 305 g/mol. The number of rotatable bonds is 3. The topological polar surface area (TPSA) is 76.1 Å². The van der Waals surface area contributed by atoms with Crippen molar-refractivity contribution in [2.45, 2.75) is 6.61 Å². The van der Waals surface area contributed by atoms with Crippen LogP contribution in [0, 0.1) is 17.8 Å². The molecule has 0 aliphatic carbocycles. The maximum atomic E-state index is 12.2. The van der Waals surface area contributed by atoms with Crippen molar-refractivity contribution in [3.63, 3.8) is 0 Å². The minimum absolute atomic E-state index is 0.158. The normalized spacial score (nSPS) is 27.3. The lowest BCUT2D eigenvalue weighted by Gasteiger charge is -2.44. The predicted molar refractivity (Wildman–Crippen MR) is 77.1 cm³/mol. The van der Waals surface area contributed by atoms with Crippen LogP contribution in [0.15, 0.2) is 30.3 Å². The molecule has 6 nitrogen and oxygen atoms in total. The van der Waals surface area contributed by atoms with E-state index in [1.807, 2.05) is 30.3 Å². The van der Waals surface area contributed by atoms with E-state index in [9.17, 15) is 14.7 Å². The number of likely N-dealkylation sites (tertiary alicyclic amines) is 1. The second-order valence-electron chi connectivity index (χ2n) is 5.87. The molecule has 0 aromatic heterocycles. The van der Waals surface area contributed by atoms with E-state index >= 15 is 0 Å². The highest BCUT2D eigenvalue weighted by molar-refractivity contribution is 5.73. The highest BCUT2D eigenvalue weighted by Crippen LogP contribution is 2.33. The summed E-state index contributed by atoms with van der Waals surface area (Å²) in [7, 11) is 0. The predicted octanol–water partition coefficient (Wildman–Crippen LogP) is 1.60. The molecule has 2 bridgehead atoms. The average molecular weight is 305 g/mol. The van der Waals surface area contributed by atoms with Crippen molar-refractivity contribution in [1.29, 1.82) is 0 Å². The van der Waals surface area contributed by atoms with Gasteiger partial charge >= 0.3 is 12.1 Å². The first-order valence-corrected chi connectivity index (χ1v) is 7.41. The third kappa shape index (κ3) is 3.06. The molecule has 118 valence electrons. The summed E-state index contributed by atoms with van der Waals surface area (Å²) in [6, 6.07) is 9.48. The smallest absolute Gasteiger partial charge is 0.410 e. The van der Waals surface area contributed by atoms with Gasteiger partial charge in [-0.25, -0.2) is 4.79 Å². The molecule has 1 aromatic carbocycles. The second-order valence-corrected chi connectivity index (χ2v) is 5.87. The van der Waals surface area contributed by atoms with E-state index in [1.54, 1.807) is 4.90 Å². The molecule has 6 heteroatoms. The van der Waals surface area contributed by atoms with E-state index in [0.717, 1.165) is 5.56 Å². The molecule has 0 radical (unpaired) electrons. The molecule has 3 rings (SSSR count). The summed E-state index contributed by atoms with van der Waals surface area (Å²) in [5, 5.41) is 9.33. The highest BCUT2D eigenvalue weighted by atomic mass is 16.6. The van der Waals surface area contributed by atoms with Gasteiger partial charge in [0.05, 0.1) is 19.1 Å². The zero-order valence-corrected chi connectivity index (χ0v) is 12.2. The standard InChI is InChI=1S/C16H19NO5/c18-15(19)14-12-6-17(7-13(14)10-21-9-12)16(20)22-8-11-4-2-1-3-5-11/h1-5,12-14H,6-10H2,(H,18,19). The molecule has 2 heterocycles. The molecular weight excluding hydrogens is 286 g/mol. The Morgan fingerprint density at radius 3 is 2.41 bits per heavy atom. The number of hydrogen-bond donors (Lipinski definition) is 1. The maximum Gasteiger partial charge on any atom is 0.410 e. The van der Waals surface area contributed by atoms with Crippen LogP contribution in [-0.4, -0.2) is 48.4 Å². The molecular formula is C16H19NO5. The number of fused-ring (bicyclic) bond motifs is 2. The third-order valence-corrected chi connectivity index (χ3v) is 4.34. The number of nitrogens with zero attached hydrogens (tertiary/aromatic N) is 1. The van der Waals surface area contributed by atoms with Gasteiger partial charge in [-0.2, -0.15) is 0 Å². The molecule has 1 N–H and O–H groups in total. The van der Waals surface area contributed by atoms with Gasteiger partial charge in [0.2, 0.25) is 0 Å². The quantitative estimate of drug-likeness (QED) is 0.918. The van der Waals surface area contributed by atoms with Crippen LogP contribution in [0.4, 0.5) is 4.79 Å². The van der Waals surface area contributed by atoms with E-state index in [2.05, 4.69) is 0 Å². The summed E-state index contributed by atoms with van der Waals surface area (Å²) in [6.07, 6.45) is -0.385. The lowest BCUT2D eigenvalue weighted by Crippen LogP contribution is -2.56. The van der Waals surface area contributed by atoms with Gasteiger partial charge in [0, 0.05) is 24.9 Å². The Labute approximate surface area is 128 Å². The SMILES string of the molecule is O=C(O)C1C2COCC1CN(C(=O)OCc1ccccc1)C2. The van der Waals surface area contributed by atoms with Crippen molar-refractivity contribution < 1.29 is 24.2 Å². The molecule has 1 amide bonds. The lowest BCUT2D eigenvalue weighted by atomic mass is 9.77. The fourth-order valence-electron chi connectivity index (χ4n) is 3.30. The molecule has 1 aromatic rings. The van der Waals surface area contributed by atoms with Gasteiger partial charge in [-0.3, -0.25) is 4.79 Å². The Morgan fingerprint density at radius 2 is 1.82 bits per heavy atom. The Kier molecular flexibility index (Phi) is 4.29. The maximum absolute atomic E-state index is 12.2. The van der Waals surface area contributed by atoms with Gasteiger partial charge in [-0.05, 0) is 5.56 Å². The molecule has 2 fully saturated rings. The summed E-state index contributed by atoms with van der Waals surface area (Å²) in [4.78, 5) is 25.2. The fourth-order valence-corrected chi connectivity index (χ4v) is 3.30. The highest BCUT2D eigenvalue weighted by Gasteiger charge is 2.45. The summed E-state index contributed by atoms with van der Waals surface area (Å²) >= 11 is 0. The number of carbonyl (C=O) groups is 2. The van der Waals surface area contributed by atoms with Crippen molar-refractivity contribution in [2.24, 2.45) is 17.8 Å². The number of hydrogen-bond acceptors (Lipinski definition) is 4. The number of piperidine rings is 1. The van der Waals surface area contributed by atoms with Crippen LogP contribution in [0.2, 0.25) is 0 Å². The zero-order valence-electron chi connectivity index (χ0n) is 12.2. The molecule has 22 heavy (non-hydrogen) atoms. The minimum atomic E-state index is -0.796. The number of aliphatic carboxylic acids is 1. The van der Waals surface area contributed by atoms with Crippen LogP contribution >= 0.6 is 0 Å². The summed E-state index contributed by atoms with van der Waals surface area (Å²) in [5.74, 6) is -1.54. The van der Waals surface area contributed by atoms with E-state index in [1.165, 1.54) is 0 Å². The van der Waals surface area contributed by atoms with Crippen LogP contribution < -0.4 is 0 Å². The van der Waals surface area contributed by atoms with Crippen LogP contribution in [0.5, 0.6) is 0 Å². The van der Waals surface area contributed by atoms with Gasteiger partial charge in [0.1, 0.15) is 6.61 Å². The third-order valence-electron chi connectivity index (χ3n) is 4.34. The average Bonchev–Trinajstić information content (AvgIpc) is 2.52. The Morgan fingerprint density at radius 1 is 1.18 bits per heavy atom. The van der Waals surface area contributed by atoms with Crippen LogP contribution in [0.3, 0.4) is 0 Å². The first-order chi connectivity index (χ1) is 10.6. The number of carbonyl (C=O) groups excluding carboxylic acids is 1. The molecule has 2 unspecified atom stereocenters. The van der Waals surface area contributed by atoms with Crippen molar-refractivity contribution in [3.8, 4) is 0 Å². The first-order valence-electron chi connectivity index (χ1n) is 7.41. The number of amides is 1. The van der Waals surface area contributed by atoms with Gasteiger partial charge in [-0.1, -0.05) is 30.3 Å². The van der Waals surface area contributed by atoms with E-state index in [4.69, 9.17) is 9.47 Å². The summed E-state index contributed by atoms with van der Waals surface area (Å²) < 4.78 is 10.8. The van der Waals surface area contributed by atoms with Gasteiger partial charge < -0.3 is 19.5 Å². The molecule has 2 saturated heterocycles.